The number of rotatable bonds is 5. The number of hydrogen-bond donors (Lipinski definition) is 2. The lowest BCUT2D eigenvalue weighted by molar-refractivity contribution is 0.102. The van der Waals surface area contributed by atoms with Crippen molar-refractivity contribution in [3.8, 4) is 0 Å². The second-order valence-corrected chi connectivity index (χ2v) is 4.55. The first-order valence-corrected chi connectivity index (χ1v) is 6.36. The Kier molecular flexibility index (Phi) is 4.60. The lowest BCUT2D eigenvalue weighted by Crippen LogP contribution is -2.14. The molecule has 1 aromatic carbocycles. The predicted molar refractivity (Wildman–Crippen MR) is 77.9 cm³/mol. The fourth-order valence-corrected chi connectivity index (χ4v) is 1.84. The Morgan fingerprint density at radius 3 is 3.10 bits per heavy atom. The Labute approximate surface area is 121 Å². The van der Waals surface area contributed by atoms with Crippen LogP contribution in [0.2, 0.25) is 5.02 Å². The summed E-state index contributed by atoms with van der Waals surface area (Å²) in [5.74, 6) is -0.323. The Hall–Kier alpha value is -2.05. The largest absolute Gasteiger partial charge is 0.397 e. The molecule has 0 aliphatic heterocycles. The van der Waals surface area contributed by atoms with Crippen molar-refractivity contribution >= 4 is 28.9 Å². The Bertz CT molecular complexity index is 612. The van der Waals surface area contributed by atoms with Crippen molar-refractivity contribution in [1.29, 1.82) is 0 Å². The number of anilines is 2. The van der Waals surface area contributed by atoms with Crippen LogP contribution in [-0.4, -0.2) is 29.4 Å². The lowest BCUT2D eigenvalue weighted by Gasteiger charge is -2.06. The Balaban J connectivity index is 2.07. The molecule has 0 saturated heterocycles. The van der Waals surface area contributed by atoms with Crippen LogP contribution in [0.4, 0.5) is 11.4 Å². The number of nitrogens with two attached hydrogens (primary N) is 1. The number of para-hydroxylation sites is 1. The minimum absolute atomic E-state index is 0.262. The van der Waals surface area contributed by atoms with Crippen molar-refractivity contribution in [3.63, 3.8) is 0 Å². The standard InChI is InChI=1S/C13H15ClN4O2/c1-20-6-5-18-8-9(7-16-18)17-13(19)10-3-2-4-11(14)12(10)15/h2-4,7-8H,5-6,15H2,1H3,(H,17,19). The zero-order valence-corrected chi connectivity index (χ0v) is 11.7. The molecule has 0 aliphatic carbocycles. The highest BCUT2D eigenvalue weighted by molar-refractivity contribution is 6.34. The van der Waals surface area contributed by atoms with Crippen LogP contribution >= 0.6 is 11.6 Å². The molecule has 0 unspecified atom stereocenters. The predicted octanol–water partition coefficient (Wildman–Crippen LogP) is 2.02. The first-order valence-electron chi connectivity index (χ1n) is 5.98. The maximum Gasteiger partial charge on any atom is 0.257 e. The molecule has 1 heterocycles. The van der Waals surface area contributed by atoms with Crippen molar-refractivity contribution in [2.75, 3.05) is 24.8 Å². The van der Waals surface area contributed by atoms with Crippen LogP contribution in [0, 0.1) is 0 Å². The number of halogens is 1. The van der Waals surface area contributed by atoms with E-state index < -0.39 is 0 Å². The number of methoxy groups -OCH3 is 1. The van der Waals surface area contributed by atoms with Crippen LogP contribution in [0.25, 0.3) is 0 Å². The lowest BCUT2D eigenvalue weighted by atomic mass is 10.1. The van der Waals surface area contributed by atoms with Gasteiger partial charge in [0, 0.05) is 13.3 Å². The van der Waals surface area contributed by atoms with Crippen LogP contribution in [0.3, 0.4) is 0 Å². The number of benzene rings is 1. The van der Waals surface area contributed by atoms with Crippen LogP contribution < -0.4 is 11.1 Å². The van der Waals surface area contributed by atoms with E-state index in [0.29, 0.717) is 29.4 Å². The molecule has 7 heteroatoms. The number of aromatic nitrogens is 2. The molecule has 2 aromatic rings. The van der Waals surface area contributed by atoms with Crippen LogP contribution in [0.15, 0.2) is 30.6 Å². The molecule has 0 atom stereocenters. The normalized spacial score (nSPS) is 10.5. The molecule has 0 bridgehead atoms. The number of nitrogens with zero attached hydrogens (tertiary/aromatic N) is 2. The smallest absolute Gasteiger partial charge is 0.257 e. The zero-order valence-electron chi connectivity index (χ0n) is 11.0. The number of carbonyl (C=O) groups is 1. The molecular formula is C13H15ClN4O2. The van der Waals surface area contributed by atoms with E-state index in [1.807, 2.05) is 0 Å². The third-order valence-electron chi connectivity index (χ3n) is 2.71. The van der Waals surface area contributed by atoms with Crippen LogP contribution in [0.5, 0.6) is 0 Å². The van der Waals surface area contributed by atoms with E-state index in [4.69, 9.17) is 22.1 Å². The van der Waals surface area contributed by atoms with E-state index >= 15 is 0 Å². The fraction of sp³-hybridized carbons (Fsp3) is 0.231. The summed E-state index contributed by atoms with van der Waals surface area (Å²) in [4.78, 5) is 12.1. The van der Waals surface area contributed by atoms with E-state index in [2.05, 4.69) is 10.4 Å². The van der Waals surface area contributed by atoms with Gasteiger partial charge in [-0.25, -0.2) is 0 Å². The molecular weight excluding hydrogens is 280 g/mol. The molecule has 0 fully saturated rings. The minimum Gasteiger partial charge on any atom is -0.397 e. The summed E-state index contributed by atoms with van der Waals surface area (Å²) in [6, 6.07) is 4.93. The maximum atomic E-state index is 12.1. The second kappa shape index (κ2) is 6.40. The molecule has 0 radical (unpaired) electrons. The summed E-state index contributed by atoms with van der Waals surface area (Å²) < 4.78 is 6.64. The molecule has 2 rings (SSSR count). The number of nitrogen functional groups attached to an aromatic ring is 1. The van der Waals surface area contributed by atoms with Gasteiger partial charge in [0.1, 0.15) is 0 Å². The number of amides is 1. The molecule has 0 spiro atoms. The average molecular weight is 295 g/mol. The van der Waals surface area contributed by atoms with Crippen molar-refractivity contribution < 1.29 is 9.53 Å². The van der Waals surface area contributed by atoms with Gasteiger partial charge in [0.15, 0.2) is 0 Å². The first kappa shape index (κ1) is 14.4. The molecule has 106 valence electrons. The molecule has 1 aromatic heterocycles. The molecule has 6 nitrogen and oxygen atoms in total. The van der Waals surface area contributed by atoms with Gasteiger partial charge in [-0.2, -0.15) is 5.10 Å². The SMILES string of the molecule is COCCn1cc(NC(=O)c2cccc(Cl)c2N)cn1. The molecule has 1 amide bonds. The third kappa shape index (κ3) is 3.28. The summed E-state index contributed by atoms with van der Waals surface area (Å²) in [6.45, 7) is 1.17. The number of ether oxygens (including phenoxy) is 1. The average Bonchev–Trinajstić information content (AvgIpc) is 2.87. The van der Waals surface area contributed by atoms with Gasteiger partial charge in [-0.05, 0) is 12.1 Å². The Morgan fingerprint density at radius 2 is 2.35 bits per heavy atom. The summed E-state index contributed by atoms with van der Waals surface area (Å²) in [6.07, 6.45) is 3.28. The molecule has 0 aliphatic rings. The van der Waals surface area contributed by atoms with Crippen molar-refractivity contribution in [3.05, 3.63) is 41.2 Å². The topological polar surface area (TPSA) is 82.2 Å². The zero-order chi connectivity index (χ0) is 14.5. The quantitative estimate of drug-likeness (QED) is 0.827. The van der Waals surface area contributed by atoms with Crippen LogP contribution in [0.1, 0.15) is 10.4 Å². The minimum atomic E-state index is -0.323. The van der Waals surface area contributed by atoms with Gasteiger partial charge in [0.25, 0.3) is 5.91 Å². The van der Waals surface area contributed by atoms with Crippen LogP contribution in [-0.2, 0) is 11.3 Å². The van der Waals surface area contributed by atoms with Gasteiger partial charge in [-0.15, -0.1) is 0 Å². The highest BCUT2D eigenvalue weighted by Crippen LogP contribution is 2.23. The number of nitrogens with one attached hydrogen (secondary N) is 1. The number of hydrogen-bond acceptors (Lipinski definition) is 4. The molecule has 0 saturated carbocycles. The van der Waals surface area contributed by atoms with E-state index in [0.717, 1.165) is 0 Å². The van der Waals surface area contributed by atoms with Crippen molar-refractivity contribution in [2.24, 2.45) is 0 Å². The Morgan fingerprint density at radius 1 is 1.55 bits per heavy atom. The number of carbonyl (C=O) groups excluding carboxylic acids is 1. The summed E-state index contributed by atoms with van der Waals surface area (Å²) in [5.41, 5.74) is 6.96. The van der Waals surface area contributed by atoms with E-state index in [-0.39, 0.29) is 11.6 Å². The van der Waals surface area contributed by atoms with Crippen molar-refractivity contribution in [1.82, 2.24) is 9.78 Å². The van der Waals surface area contributed by atoms with Gasteiger partial charge in [0.05, 0.1) is 41.3 Å². The maximum absolute atomic E-state index is 12.1. The summed E-state index contributed by atoms with van der Waals surface area (Å²) >= 11 is 5.89. The summed E-state index contributed by atoms with van der Waals surface area (Å²) in [5, 5.41) is 7.18. The molecule has 3 N–H and O–H groups in total. The van der Waals surface area contributed by atoms with Gasteiger partial charge in [-0.1, -0.05) is 17.7 Å². The molecule has 20 heavy (non-hydrogen) atoms. The van der Waals surface area contributed by atoms with Gasteiger partial charge in [-0.3, -0.25) is 9.48 Å². The van der Waals surface area contributed by atoms with E-state index in [9.17, 15) is 4.79 Å². The summed E-state index contributed by atoms with van der Waals surface area (Å²) in [7, 11) is 1.62. The van der Waals surface area contributed by atoms with Crippen molar-refractivity contribution in [2.45, 2.75) is 6.54 Å². The monoisotopic (exact) mass is 294 g/mol. The van der Waals surface area contributed by atoms with Gasteiger partial charge >= 0.3 is 0 Å². The van der Waals surface area contributed by atoms with Gasteiger partial charge in [0.2, 0.25) is 0 Å². The fourth-order valence-electron chi connectivity index (χ4n) is 1.67. The van der Waals surface area contributed by atoms with E-state index in [1.54, 1.807) is 42.4 Å². The van der Waals surface area contributed by atoms with E-state index in [1.165, 1.54) is 0 Å². The first-order chi connectivity index (χ1) is 9.61. The van der Waals surface area contributed by atoms with Gasteiger partial charge < -0.3 is 15.8 Å². The highest BCUT2D eigenvalue weighted by atomic mass is 35.5. The highest BCUT2D eigenvalue weighted by Gasteiger charge is 2.12. The third-order valence-corrected chi connectivity index (χ3v) is 3.04. The second-order valence-electron chi connectivity index (χ2n) is 4.14.